The van der Waals surface area contributed by atoms with Gasteiger partial charge in [-0.05, 0) is 16.6 Å². The Labute approximate surface area is 111 Å². The first kappa shape index (κ1) is 25.1. The minimum atomic E-state index is -1.98. The zero-order chi connectivity index (χ0) is 11.2. The van der Waals surface area contributed by atoms with E-state index in [1.165, 1.54) is 0 Å². The fourth-order valence-corrected chi connectivity index (χ4v) is 6.00. The molecule has 0 aliphatic carbocycles. The zero-order valence-corrected chi connectivity index (χ0v) is 14.6. The number of hydrogen-bond donors (Lipinski definition) is 1. The number of halogens is 1. The Kier molecular flexibility index (Phi) is 19.3. The third-order valence-electron chi connectivity index (χ3n) is 2.77. The molecule has 15 heavy (non-hydrogen) atoms. The summed E-state index contributed by atoms with van der Waals surface area (Å²) in [5.41, 5.74) is 1.42. The monoisotopic (exact) mass is 436 g/mol. The molecule has 0 aromatic carbocycles. The average Bonchev–Trinajstić information content (AvgIpc) is 2.05. The zero-order valence-electron chi connectivity index (χ0n) is 10.5. The van der Waals surface area contributed by atoms with Crippen LogP contribution in [0.1, 0.15) is 41.5 Å². The van der Waals surface area contributed by atoms with Crippen LogP contribution in [0.15, 0.2) is 0 Å². The first-order valence-corrected chi connectivity index (χ1v) is 9.67. The van der Waals surface area contributed by atoms with Crippen molar-refractivity contribution in [3.63, 3.8) is 0 Å². The molecule has 5 N–H and O–H groups in total. The third-order valence-corrected chi connectivity index (χ3v) is 8.32. The predicted molar refractivity (Wildman–Crippen MR) is 69.7 cm³/mol. The molecule has 0 heterocycles. The van der Waals surface area contributed by atoms with E-state index in [2.05, 4.69) is 51.0 Å². The van der Waals surface area contributed by atoms with Crippen LogP contribution in [0.5, 0.6) is 0 Å². The minimum absolute atomic E-state index is 0. The standard InChI is InChI=1S/C9H22OSi.ClH.2H2N.Pt/c1-7(2)11(10,8(3)4)9(5)6;;;;/h7-10H,1-6H3;1H;2*1H2;/q;;2*-1;+1/p-1. The van der Waals surface area contributed by atoms with Crippen LogP contribution in [0.25, 0.3) is 12.3 Å². The van der Waals surface area contributed by atoms with Crippen LogP contribution in [-0.4, -0.2) is 13.1 Å². The minimum Gasteiger partial charge on any atom is -0.693 e. The molecule has 101 valence electrons. The van der Waals surface area contributed by atoms with Crippen LogP contribution in [0.4, 0.5) is 0 Å². The second-order valence-electron chi connectivity index (χ2n) is 4.35. The van der Waals surface area contributed by atoms with Gasteiger partial charge in [0.05, 0.1) is 0 Å². The Morgan fingerprint density at radius 1 is 0.800 bits per heavy atom. The predicted octanol–water partition coefficient (Wildman–Crippen LogP) is 5.28. The Hall–Kier alpha value is 1.08. The van der Waals surface area contributed by atoms with Crippen molar-refractivity contribution >= 4 is 17.7 Å². The normalized spacial score (nSPS) is 10.5. The third kappa shape index (κ3) is 7.08. The molecule has 0 saturated heterocycles. The van der Waals surface area contributed by atoms with Gasteiger partial charge in [-0.2, -0.15) is 0 Å². The molecule has 0 unspecified atom stereocenters. The van der Waals surface area contributed by atoms with Crippen molar-refractivity contribution in [3.05, 3.63) is 12.3 Å². The molecule has 0 amide bonds. The fourth-order valence-electron chi connectivity index (χ4n) is 2.00. The summed E-state index contributed by atoms with van der Waals surface area (Å²) in [6.45, 7) is 12.9. The number of rotatable bonds is 3. The van der Waals surface area contributed by atoms with Crippen LogP contribution >= 0.6 is 9.42 Å². The second kappa shape index (κ2) is 11.6. The van der Waals surface area contributed by atoms with Gasteiger partial charge in [0.15, 0.2) is 8.32 Å². The summed E-state index contributed by atoms with van der Waals surface area (Å²) in [4.78, 5) is 10.4. The van der Waals surface area contributed by atoms with Gasteiger partial charge in [-0.25, -0.2) is 0 Å². The van der Waals surface area contributed by atoms with Gasteiger partial charge < -0.3 is 17.1 Å². The van der Waals surface area contributed by atoms with Gasteiger partial charge in [-0.1, -0.05) is 41.5 Å². The van der Waals surface area contributed by atoms with Gasteiger partial charge in [0.2, 0.25) is 0 Å². The van der Waals surface area contributed by atoms with Crippen molar-refractivity contribution in [1.29, 1.82) is 0 Å². The number of nitrogens with two attached hydrogens (primary N) is 2. The Morgan fingerprint density at radius 2 is 0.933 bits per heavy atom. The van der Waals surface area contributed by atoms with Crippen LogP contribution in [-0.2, 0) is 18.8 Å². The van der Waals surface area contributed by atoms with Gasteiger partial charge in [0.25, 0.3) is 0 Å². The van der Waals surface area contributed by atoms with Crippen LogP contribution in [0, 0.1) is 0 Å². The van der Waals surface area contributed by atoms with E-state index in [9.17, 15) is 4.80 Å². The molecule has 0 rings (SSSR count). The van der Waals surface area contributed by atoms with Crippen molar-refractivity contribution in [2.75, 3.05) is 0 Å². The molecular formula is C9H26ClN2OPtSi-2. The molecule has 0 aliphatic heterocycles. The maximum atomic E-state index is 10.4. The smallest absolute Gasteiger partial charge is 0.693 e. The molecule has 0 atom stereocenters. The molecule has 6 heteroatoms. The second-order valence-corrected chi connectivity index (χ2v) is 9.59. The first-order chi connectivity index (χ1) is 5.83. The summed E-state index contributed by atoms with van der Waals surface area (Å²) >= 11 is 1.61. The van der Waals surface area contributed by atoms with Gasteiger partial charge in [-0.15, -0.1) is 0 Å². The summed E-state index contributed by atoms with van der Waals surface area (Å²) in [7, 11) is 2.63. The molecule has 0 spiro atoms. The van der Waals surface area contributed by atoms with E-state index in [1.54, 1.807) is 18.8 Å². The molecule has 0 fully saturated rings. The van der Waals surface area contributed by atoms with Crippen LogP contribution in [0.2, 0.25) is 16.6 Å². The van der Waals surface area contributed by atoms with Crippen molar-refractivity contribution < 1.29 is 23.6 Å². The van der Waals surface area contributed by atoms with E-state index in [4.69, 9.17) is 0 Å². The molecular weight excluding hydrogens is 411 g/mol. The van der Waals surface area contributed by atoms with E-state index < -0.39 is 8.32 Å². The van der Waals surface area contributed by atoms with Crippen molar-refractivity contribution in [3.8, 4) is 0 Å². The van der Waals surface area contributed by atoms with Crippen molar-refractivity contribution in [1.82, 2.24) is 0 Å². The molecule has 0 aliphatic rings. The molecule has 0 aromatic heterocycles. The van der Waals surface area contributed by atoms with Gasteiger partial charge in [0, 0.05) is 0 Å². The van der Waals surface area contributed by atoms with E-state index in [0.717, 1.165) is 0 Å². The van der Waals surface area contributed by atoms with E-state index in [1.807, 2.05) is 0 Å². The molecule has 0 aromatic rings. The molecule has 0 bridgehead atoms. The first-order valence-electron chi connectivity index (χ1n) is 4.67. The SMILES string of the molecule is CC(C)[Si](O)(C(C)C)C(C)C.[Cl][Pt].[NH2-].[NH2-]. The van der Waals surface area contributed by atoms with Crippen LogP contribution < -0.4 is 0 Å². The van der Waals surface area contributed by atoms with E-state index in [-0.39, 0.29) is 12.3 Å². The molecule has 0 saturated carbocycles. The molecule has 0 radical (unpaired) electrons. The summed E-state index contributed by atoms with van der Waals surface area (Å²) in [6, 6.07) is 0. The average molecular weight is 437 g/mol. The van der Waals surface area contributed by atoms with E-state index in [0.29, 0.717) is 16.6 Å². The summed E-state index contributed by atoms with van der Waals surface area (Å²) < 4.78 is 0. The van der Waals surface area contributed by atoms with Gasteiger partial charge >= 0.3 is 28.2 Å². The van der Waals surface area contributed by atoms with Crippen molar-refractivity contribution in [2.24, 2.45) is 0 Å². The largest absolute Gasteiger partial charge is 0.693 e. The van der Waals surface area contributed by atoms with Crippen molar-refractivity contribution in [2.45, 2.75) is 58.2 Å². The fraction of sp³-hybridized carbons (Fsp3) is 1.00. The Bertz CT molecular complexity index is 116. The summed E-state index contributed by atoms with van der Waals surface area (Å²) in [6.07, 6.45) is 0. The summed E-state index contributed by atoms with van der Waals surface area (Å²) in [5, 5.41) is 0. The maximum Gasteiger partial charge on any atom is -0.693 e. The molecule has 3 nitrogen and oxygen atoms in total. The maximum absolute atomic E-state index is 10.4. The number of hydrogen-bond acceptors (Lipinski definition) is 1. The van der Waals surface area contributed by atoms with E-state index >= 15 is 0 Å². The Morgan fingerprint density at radius 3 is 0.933 bits per heavy atom. The van der Waals surface area contributed by atoms with Gasteiger partial charge in [-0.3, -0.25) is 0 Å². The summed E-state index contributed by atoms with van der Waals surface area (Å²) in [5.74, 6) is 0. The van der Waals surface area contributed by atoms with Gasteiger partial charge in [0.1, 0.15) is 0 Å². The Balaban J connectivity index is -0.000000142. The van der Waals surface area contributed by atoms with Crippen LogP contribution in [0.3, 0.4) is 0 Å². The quantitative estimate of drug-likeness (QED) is 0.599. The topological polar surface area (TPSA) is 87.2 Å².